The van der Waals surface area contributed by atoms with E-state index in [1.54, 1.807) is 24.3 Å². The number of benzene rings is 1. The zero-order chi connectivity index (χ0) is 15.9. The smallest absolute Gasteiger partial charge is 0.263 e. The Kier molecular flexibility index (Phi) is 6.18. The molecule has 0 atom stereocenters. The van der Waals surface area contributed by atoms with Gasteiger partial charge in [-0.3, -0.25) is 4.79 Å². The summed E-state index contributed by atoms with van der Waals surface area (Å²) in [5.74, 6) is 0.604. The summed E-state index contributed by atoms with van der Waals surface area (Å²) in [7, 11) is 0. The Hall–Kier alpha value is -1.63. The lowest BCUT2D eigenvalue weighted by Gasteiger charge is -2.03. The van der Waals surface area contributed by atoms with Crippen LogP contribution in [0, 0.1) is 6.92 Å². The molecule has 118 valence electrons. The second kappa shape index (κ2) is 8.12. The van der Waals surface area contributed by atoms with E-state index in [4.69, 9.17) is 22.1 Å². The van der Waals surface area contributed by atoms with Gasteiger partial charge in [0.15, 0.2) is 0 Å². The topological polar surface area (TPSA) is 77.2 Å². The van der Waals surface area contributed by atoms with Gasteiger partial charge in [-0.1, -0.05) is 11.6 Å². The molecule has 22 heavy (non-hydrogen) atoms. The summed E-state index contributed by atoms with van der Waals surface area (Å²) in [6.07, 6.45) is 0.760. The zero-order valence-electron chi connectivity index (χ0n) is 12.3. The average molecular weight is 340 g/mol. The van der Waals surface area contributed by atoms with E-state index < -0.39 is 0 Å². The number of carbonyl (C=O) groups excluding carboxylic acids is 1. The van der Waals surface area contributed by atoms with Crippen molar-refractivity contribution in [1.29, 1.82) is 0 Å². The third-order valence-electron chi connectivity index (χ3n) is 2.89. The SMILES string of the molecule is Cc1nc(COc2ccc(Cl)cc2)sc1C(=O)NCCCN. The Morgan fingerprint density at radius 2 is 2.14 bits per heavy atom. The van der Waals surface area contributed by atoms with Crippen molar-refractivity contribution in [2.75, 3.05) is 13.1 Å². The zero-order valence-corrected chi connectivity index (χ0v) is 13.8. The number of nitrogens with two attached hydrogens (primary N) is 1. The lowest BCUT2D eigenvalue weighted by Crippen LogP contribution is -2.25. The molecule has 0 aliphatic carbocycles. The van der Waals surface area contributed by atoms with Crippen molar-refractivity contribution >= 4 is 28.8 Å². The van der Waals surface area contributed by atoms with Crippen LogP contribution in [0.2, 0.25) is 5.02 Å². The number of rotatable bonds is 7. The van der Waals surface area contributed by atoms with E-state index in [1.165, 1.54) is 11.3 Å². The minimum Gasteiger partial charge on any atom is -0.486 e. The first kappa shape index (κ1) is 16.7. The third kappa shape index (κ3) is 4.69. The van der Waals surface area contributed by atoms with Gasteiger partial charge in [-0.15, -0.1) is 11.3 Å². The third-order valence-corrected chi connectivity index (χ3v) is 4.27. The number of aromatic nitrogens is 1. The number of halogens is 1. The van der Waals surface area contributed by atoms with Crippen molar-refractivity contribution in [3.05, 3.63) is 44.9 Å². The van der Waals surface area contributed by atoms with Crippen LogP contribution in [-0.2, 0) is 6.61 Å². The van der Waals surface area contributed by atoms with Crippen LogP contribution in [0.3, 0.4) is 0 Å². The minimum atomic E-state index is -0.110. The second-order valence-corrected chi connectivity index (χ2v) is 6.18. The van der Waals surface area contributed by atoms with Gasteiger partial charge in [0, 0.05) is 11.6 Å². The molecular formula is C15H18ClN3O2S. The van der Waals surface area contributed by atoms with Crippen LogP contribution >= 0.6 is 22.9 Å². The van der Waals surface area contributed by atoms with Gasteiger partial charge >= 0.3 is 0 Å². The summed E-state index contributed by atoms with van der Waals surface area (Å²) in [6.45, 7) is 3.27. The van der Waals surface area contributed by atoms with Gasteiger partial charge < -0.3 is 15.8 Å². The molecule has 0 saturated carbocycles. The molecule has 3 N–H and O–H groups in total. The largest absolute Gasteiger partial charge is 0.486 e. The standard InChI is InChI=1S/C15H18ClN3O2S/c1-10-14(15(20)18-8-2-7-17)22-13(19-10)9-21-12-5-3-11(16)4-6-12/h3-6H,2,7-9,17H2,1H3,(H,18,20). The van der Waals surface area contributed by atoms with E-state index in [1.807, 2.05) is 6.92 Å². The Morgan fingerprint density at radius 1 is 1.41 bits per heavy atom. The first-order valence-electron chi connectivity index (χ1n) is 6.93. The summed E-state index contributed by atoms with van der Waals surface area (Å²) >= 11 is 7.16. The van der Waals surface area contributed by atoms with Crippen molar-refractivity contribution in [3.8, 4) is 5.75 Å². The van der Waals surface area contributed by atoms with Crippen molar-refractivity contribution < 1.29 is 9.53 Å². The molecule has 0 bridgehead atoms. The molecule has 1 aromatic heterocycles. The Morgan fingerprint density at radius 3 is 2.82 bits per heavy atom. The van der Waals surface area contributed by atoms with Crippen molar-refractivity contribution in [2.24, 2.45) is 5.73 Å². The van der Waals surface area contributed by atoms with Gasteiger partial charge in [0.1, 0.15) is 22.2 Å². The second-order valence-electron chi connectivity index (χ2n) is 4.66. The number of ether oxygens (including phenoxy) is 1. The fourth-order valence-corrected chi connectivity index (χ4v) is 2.81. The van der Waals surface area contributed by atoms with Crippen LogP contribution in [0.15, 0.2) is 24.3 Å². The van der Waals surface area contributed by atoms with Gasteiger partial charge in [-0.25, -0.2) is 4.98 Å². The predicted molar refractivity (Wildman–Crippen MR) is 88.6 cm³/mol. The van der Waals surface area contributed by atoms with E-state index in [9.17, 15) is 4.79 Å². The van der Waals surface area contributed by atoms with Crippen molar-refractivity contribution in [1.82, 2.24) is 10.3 Å². The predicted octanol–water partition coefficient (Wildman–Crippen LogP) is 2.76. The monoisotopic (exact) mass is 339 g/mol. The van der Waals surface area contributed by atoms with Crippen LogP contribution in [0.4, 0.5) is 0 Å². The summed E-state index contributed by atoms with van der Waals surface area (Å²) in [5, 5.41) is 4.25. The molecule has 0 saturated heterocycles. The number of hydrogen-bond acceptors (Lipinski definition) is 5. The number of amides is 1. The molecule has 0 fully saturated rings. The summed E-state index contributed by atoms with van der Waals surface area (Å²) < 4.78 is 5.63. The molecule has 0 aliphatic rings. The van der Waals surface area contributed by atoms with Gasteiger partial charge in [0.05, 0.1) is 5.69 Å². The highest BCUT2D eigenvalue weighted by molar-refractivity contribution is 7.13. The highest BCUT2D eigenvalue weighted by Crippen LogP contribution is 2.21. The molecule has 7 heteroatoms. The van der Waals surface area contributed by atoms with Gasteiger partial charge in [0.25, 0.3) is 5.91 Å². The minimum absolute atomic E-state index is 0.110. The van der Waals surface area contributed by atoms with Crippen LogP contribution in [0.1, 0.15) is 26.8 Å². The lowest BCUT2D eigenvalue weighted by molar-refractivity contribution is 0.0956. The summed E-state index contributed by atoms with van der Waals surface area (Å²) in [4.78, 5) is 17.0. The van der Waals surface area contributed by atoms with E-state index in [0.29, 0.717) is 41.0 Å². The van der Waals surface area contributed by atoms with E-state index in [-0.39, 0.29) is 5.91 Å². The molecule has 1 aromatic carbocycles. The summed E-state index contributed by atoms with van der Waals surface area (Å²) in [5.41, 5.74) is 6.12. The highest BCUT2D eigenvalue weighted by Gasteiger charge is 2.15. The summed E-state index contributed by atoms with van der Waals surface area (Å²) in [6, 6.07) is 7.12. The molecule has 0 radical (unpaired) electrons. The quantitative estimate of drug-likeness (QED) is 0.760. The van der Waals surface area contributed by atoms with Gasteiger partial charge in [0.2, 0.25) is 0 Å². The molecule has 1 amide bonds. The first-order valence-corrected chi connectivity index (χ1v) is 8.12. The average Bonchev–Trinajstić information content (AvgIpc) is 2.88. The van der Waals surface area contributed by atoms with Gasteiger partial charge in [-0.05, 0) is 44.2 Å². The molecule has 2 rings (SSSR count). The molecule has 1 heterocycles. The van der Waals surface area contributed by atoms with Crippen molar-refractivity contribution in [2.45, 2.75) is 20.0 Å². The Balaban J connectivity index is 1.94. The van der Waals surface area contributed by atoms with E-state index >= 15 is 0 Å². The van der Waals surface area contributed by atoms with Crippen molar-refractivity contribution in [3.63, 3.8) is 0 Å². The van der Waals surface area contributed by atoms with E-state index in [2.05, 4.69) is 10.3 Å². The number of thiazole rings is 1. The maximum absolute atomic E-state index is 12.0. The molecular weight excluding hydrogens is 322 g/mol. The number of nitrogens with zero attached hydrogens (tertiary/aromatic N) is 1. The molecule has 0 spiro atoms. The van der Waals surface area contributed by atoms with Crippen LogP contribution in [0.5, 0.6) is 5.75 Å². The molecule has 2 aromatic rings. The maximum Gasteiger partial charge on any atom is 0.263 e. The first-order chi connectivity index (χ1) is 10.6. The molecule has 0 unspecified atom stereocenters. The normalized spacial score (nSPS) is 10.5. The van der Waals surface area contributed by atoms with E-state index in [0.717, 1.165) is 11.4 Å². The number of carbonyl (C=O) groups is 1. The fraction of sp³-hybridized carbons (Fsp3) is 0.333. The molecule has 5 nitrogen and oxygen atoms in total. The number of aryl methyl sites for hydroxylation is 1. The maximum atomic E-state index is 12.0. The van der Waals surface area contributed by atoms with Crippen LogP contribution in [0.25, 0.3) is 0 Å². The number of hydrogen-bond donors (Lipinski definition) is 2. The van der Waals surface area contributed by atoms with Crippen LogP contribution < -0.4 is 15.8 Å². The molecule has 0 aliphatic heterocycles. The fourth-order valence-electron chi connectivity index (χ4n) is 1.78. The Labute approximate surface area is 138 Å². The highest BCUT2D eigenvalue weighted by atomic mass is 35.5. The lowest BCUT2D eigenvalue weighted by atomic mass is 10.3. The van der Waals surface area contributed by atoms with Crippen LogP contribution in [-0.4, -0.2) is 24.0 Å². The van der Waals surface area contributed by atoms with Gasteiger partial charge in [-0.2, -0.15) is 0 Å². The Bertz CT molecular complexity index is 628. The number of nitrogens with one attached hydrogen (secondary N) is 1.